The van der Waals surface area contributed by atoms with Gasteiger partial charge >= 0.3 is 0 Å². The third-order valence-corrected chi connectivity index (χ3v) is 7.45. The fraction of sp³-hybridized carbons (Fsp3) is 0.250. The quantitative estimate of drug-likeness (QED) is 0.644. The second-order valence-electron chi connectivity index (χ2n) is 6.82. The van der Waals surface area contributed by atoms with E-state index in [0.29, 0.717) is 29.6 Å². The van der Waals surface area contributed by atoms with Crippen molar-refractivity contribution in [2.24, 2.45) is 0 Å². The molecule has 2 aromatic heterocycles. The lowest BCUT2D eigenvalue weighted by molar-refractivity contribution is 0.102. The lowest BCUT2D eigenvalue weighted by Crippen LogP contribution is -2.36. The predicted octanol–water partition coefficient (Wildman–Crippen LogP) is 3.77. The Kier molecular flexibility index (Phi) is 5.89. The largest absolute Gasteiger partial charge is 0.298 e. The van der Waals surface area contributed by atoms with Gasteiger partial charge in [-0.1, -0.05) is 12.5 Å². The molecule has 1 amide bonds. The number of nitrogens with zero attached hydrogens (tertiary/aromatic N) is 3. The molecule has 0 radical (unpaired) electrons. The summed E-state index contributed by atoms with van der Waals surface area (Å²) in [6, 6.07) is 8.78. The van der Waals surface area contributed by atoms with E-state index in [1.807, 2.05) is 6.07 Å². The average molecular weight is 447 g/mol. The number of hydrogen-bond acceptors (Lipinski definition) is 6. The molecule has 1 fully saturated rings. The number of nitrogens with one attached hydrogen (secondary N) is 1. The average Bonchev–Trinajstić information content (AvgIpc) is 3.23. The Bertz CT molecular complexity index is 1160. The lowest BCUT2D eigenvalue weighted by Gasteiger charge is -2.26. The van der Waals surface area contributed by atoms with Gasteiger partial charge in [-0.05, 0) is 43.2 Å². The standard InChI is InChI=1S/C20H19FN4O3S2/c21-15-8-7-14(12-18(15)30(27,28)25-10-4-1-5-11-25)19(26)24-20-23-17(13-29-20)16-6-2-3-9-22-16/h2-3,6-9,12-13H,1,4-5,10-11H2,(H,23,24,26). The summed E-state index contributed by atoms with van der Waals surface area (Å²) in [5.41, 5.74) is 1.33. The highest BCUT2D eigenvalue weighted by Gasteiger charge is 2.29. The first-order chi connectivity index (χ1) is 14.4. The highest BCUT2D eigenvalue weighted by Crippen LogP contribution is 2.26. The molecule has 0 atom stereocenters. The molecule has 0 saturated carbocycles. The Labute approximate surface area is 177 Å². The van der Waals surface area contributed by atoms with E-state index in [1.54, 1.807) is 23.7 Å². The van der Waals surface area contributed by atoms with Crippen molar-refractivity contribution >= 4 is 32.4 Å². The van der Waals surface area contributed by atoms with Gasteiger partial charge in [-0.25, -0.2) is 17.8 Å². The number of carbonyl (C=O) groups excluding carboxylic acids is 1. The lowest BCUT2D eigenvalue weighted by atomic mass is 10.2. The number of anilines is 1. The SMILES string of the molecule is O=C(Nc1nc(-c2ccccn2)cs1)c1ccc(F)c(S(=O)(=O)N2CCCCC2)c1. The van der Waals surface area contributed by atoms with Crippen molar-refractivity contribution in [3.63, 3.8) is 0 Å². The number of benzene rings is 1. The number of rotatable bonds is 5. The van der Waals surface area contributed by atoms with Gasteiger partial charge in [0.25, 0.3) is 5.91 Å². The first-order valence-electron chi connectivity index (χ1n) is 9.43. The fourth-order valence-corrected chi connectivity index (χ4v) is 5.53. The topological polar surface area (TPSA) is 92.3 Å². The molecule has 0 spiro atoms. The van der Waals surface area contributed by atoms with Gasteiger partial charge in [0.15, 0.2) is 5.13 Å². The van der Waals surface area contributed by atoms with Gasteiger partial charge < -0.3 is 0 Å². The van der Waals surface area contributed by atoms with Gasteiger partial charge in [0, 0.05) is 30.2 Å². The summed E-state index contributed by atoms with van der Waals surface area (Å²) in [6.07, 6.45) is 4.08. The molecule has 3 aromatic rings. The molecular formula is C20H19FN4O3S2. The van der Waals surface area contributed by atoms with E-state index < -0.39 is 26.6 Å². The van der Waals surface area contributed by atoms with Crippen LogP contribution in [0.25, 0.3) is 11.4 Å². The third-order valence-electron chi connectivity index (χ3n) is 4.78. The number of pyridine rings is 1. The van der Waals surface area contributed by atoms with Gasteiger partial charge in [0.05, 0.1) is 5.69 Å². The van der Waals surface area contributed by atoms with Crippen molar-refractivity contribution in [3.05, 3.63) is 59.4 Å². The number of halogens is 1. The van der Waals surface area contributed by atoms with E-state index in [0.717, 1.165) is 31.4 Å². The van der Waals surface area contributed by atoms with Crippen LogP contribution in [0.2, 0.25) is 0 Å². The normalized spacial score (nSPS) is 15.1. The summed E-state index contributed by atoms with van der Waals surface area (Å²) in [7, 11) is -4.00. The summed E-state index contributed by atoms with van der Waals surface area (Å²) in [5, 5.41) is 4.73. The number of piperidine rings is 1. The number of hydrogen-bond donors (Lipinski definition) is 1. The molecule has 0 unspecified atom stereocenters. The zero-order valence-corrected chi connectivity index (χ0v) is 17.5. The molecule has 30 heavy (non-hydrogen) atoms. The van der Waals surface area contributed by atoms with Crippen LogP contribution < -0.4 is 5.32 Å². The van der Waals surface area contributed by atoms with E-state index in [4.69, 9.17) is 0 Å². The Balaban J connectivity index is 1.55. The molecule has 1 aliphatic rings. The van der Waals surface area contributed by atoms with E-state index in [1.165, 1.54) is 21.7 Å². The molecule has 10 heteroatoms. The maximum atomic E-state index is 14.3. The highest BCUT2D eigenvalue weighted by atomic mass is 32.2. The van der Waals surface area contributed by atoms with Crippen LogP contribution in [0, 0.1) is 5.82 Å². The van der Waals surface area contributed by atoms with Gasteiger partial charge in [-0.3, -0.25) is 15.1 Å². The van der Waals surface area contributed by atoms with Crippen molar-refractivity contribution in [2.75, 3.05) is 18.4 Å². The molecule has 3 heterocycles. The second kappa shape index (κ2) is 8.58. The van der Waals surface area contributed by atoms with Crippen LogP contribution in [0.5, 0.6) is 0 Å². The van der Waals surface area contributed by atoms with Crippen LogP contribution >= 0.6 is 11.3 Å². The summed E-state index contributed by atoms with van der Waals surface area (Å²) >= 11 is 1.22. The van der Waals surface area contributed by atoms with Crippen molar-refractivity contribution in [3.8, 4) is 11.4 Å². The number of amides is 1. The highest BCUT2D eigenvalue weighted by molar-refractivity contribution is 7.89. The molecule has 4 rings (SSSR count). The number of carbonyl (C=O) groups is 1. The summed E-state index contributed by atoms with van der Waals surface area (Å²) < 4.78 is 41.3. The van der Waals surface area contributed by atoms with E-state index in [-0.39, 0.29) is 5.56 Å². The molecular weight excluding hydrogens is 427 g/mol. The summed E-state index contributed by atoms with van der Waals surface area (Å²) in [4.78, 5) is 20.7. The Morgan fingerprint density at radius 2 is 1.90 bits per heavy atom. The minimum atomic E-state index is -4.00. The molecule has 156 valence electrons. The Hall–Kier alpha value is -2.69. The second-order valence-corrected chi connectivity index (χ2v) is 9.58. The Morgan fingerprint density at radius 1 is 1.10 bits per heavy atom. The van der Waals surface area contributed by atoms with Crippen molar-refractivity contribution in [1.29, 1.82) is 0 Å². The first-order valence-corrected chi connectivity index (χ1v) is 11.7. The van der Waals surface area contributed by atoms with E-state index in [2.05, 4.69) is 15.3 Å². The van der Waals surface area contributed by atoms with Crippen molar-refractivity contribution in [2.45, 2.75) is 24.2 Å². The van der Waals surface area contributed by atoms with E-state index >= 15 is 0 Å². The summed E-state index contributed by atoms with van der Waals surface area (Å²) in [5.74, 6) is -1.43. The molecule has 0 bridgehead atoms. The van der Waals surface area contributed by atoms with Crippen molar-refractivity contribution < 1.29 is 17.6 Å². The third kappa shape index (κ3) is 4.25. The minimum Gasteiger partial charge on any atom is -0.298 e. The number of aromatic nitrogens is 2. The molecule has 1 aliphatic heterocycles. The smallest absolute Gasteiger partial charge is 0.257 e. The fourth-order valence-electron chi connectivity index (χ4n) is 3.22. The van der Waals surface area contributed by atoms with Gasteiger partial charge in [0.1, 0.15) is 16.4 Å². The predicted molar refractivity (Wildman–Crippen MR) is 112 cm³/mol. The monoisotopic (exact) mass is 446 g/mol. The molecule has 0 aliphatic carbocycles. The van der Waals surface area contributed by atoms with Crippen LogP contribution in [-0.2, 0) is 10.0 Å². The molecule has 1 N–H and O–H groups in total. The van der Waals surface area contributed by atoms with Crippen molar-refractivity contribution in [1.82, 2.24) is 14.3 Å². The maximum absolute atomic E-state index is 14.3. The molecule has 1 aromatic carbocycles. The number of thiazole rings is 1. The van der Waals surface area contributed by atoms with Crippen LogP contribution in [-0.4, -0.2) is 41.7 Å². The Morgan fingerprint density at radius 3 is 2.63 bits per heavy atom. The minimum absolute atomic E-state index is 0.0431. The number of sulfonamides is 1. The van der Waals surface area contributed by atoms with E-state index in [9.17, 15) is 17.6 Å². The van der Waals surface area contributed by atoms with Crippen LogP contribution in [0.15, 0.2) is 52.9 Å². The summed E-state index contributed by atoms with van der Waals surface area (Å²) in [6.45, 7) is 0.710. The van der Waals surface area contributed by atoms with Crippen LogP contribution in [0.4, 0.5) is 9.52 Å². The van der Waals surface area contributed by atoms with Gasteiger partial charge in [-0.15, -0.1) is 11.3 Å². The molecule has 7 nitrogen and oxygen atoms in total. The zero-order chi connectivity index (χ0) is 21.1. The van der Waals surface area contributed by atoms with Crippen LogP contribution in [0.1, 0.15) is 29.6 Å². The van der Waals surface area contributed by atoms with Gasteiger partial charge in [0.2, 0.25) is 10.0 Å². The maximum Gasteiger partial charge on any atom is 0.257 e. The first kappa shape index (κ1) is 20.6. The van der Waals surface area contributed by atoms with Gasteiger partial charge in [-0.2, -0.15) is 4.31 Å². The van der Waals surface area contributed by atoms with Crippen LogP contribution in [0.3, 0.4) is 0 Å². The molecule has 1 saturated heterocycles. The zero-order valence-electron chi connectivity index (χ0n) is 15.9.